The maximum atomic E-state index is 11.7. The average molecular weight is 260 g/mol. The highest BCUT2D eigenvalue weighted by atomic mass is 35.5. The number of aromatic nitrogens is 1. The summed E-state index contributed by atoms with van der Waals surface area (Å²) >= 11 is 0. The normalized spacial score (nSPS) is 22.9. The Morgan fingerprint density at radius 3 is 2.94 bits per heavy atom. The van der Waals surface area contributed by atoms with E-state index in [4.69, 9.17) is 0 Å². The Bertz CT molecular complexity index is 402. The third kappa shape index (κ3) is 3.29. The standard InChI is InChI=1S/C10H13N3O3.ClH/c14-6-4-7(12-5-6)10(16)13-9-8(15)2-1-3-11-9;/h1-3,6-7,12,14-15H,4-5H2,(H,11,13,16);1H. The van der Waals surface area contributed by atoms with Gasteiger partial charge in [0.15, 0.2) is 11.6 Å². The van der Waals surface area contributed by atoms with Gasteiger partial charge in [-0.05, 0) is 18.6 Å². The van der Waals surface area contributed by atoms with Gasteiger partial charge < -0.3 is 20.8 Å². The number of nitrogens with one attached hydrogen (secondary N) is 2. The molecule has 2 rings (SSSR count). The Morgan fingerprint density at radius 1 is 1.59 bits per heavy atom. The lowest BCUT2D eigenvalue weighted by atomic mass is 10.2. The molecular weight excluding hydrogens is 246 g/mol. The zero-order valence-electron chi connectivity index (χ0n) is 8.96. The lowest BCUT2D eigenvalue weighted by molar-refractivity contribution is -0.118. The number of aliphatic hydroxyl groups excluding tert-OH is 1. The van der Waals surface area contributed by atoms with Crippen LogP contribution in [0.1, 0.15) is 6.42 Å². The number of hydrogen-bond acceptors (Lipinski definition) is 5. The van der Waals surface area contributed by atoms with Gasteiger partial charge in [0.2, 0.25) is 5.91 Å². The molecule has 1 aliphatic heterocycles. The van der Waals surface area contributed by atoms with E-state index in [9.17, 15) is 15.0 Å². The summed E-state index contributed by atoms with van der Waals surface area (Å²) in [6, 6.07) is 2.58. The van der Waals surface area contributed by atoms with Crippen LogP contribution in [0.4, 0.5) is 5.82 Å². The first-order valence-electron chi connectivity index (χ1n) is 5.03. The molecule has 1 aromatic rings. The maximum absolute atomic E-state index is 11.7. The number of carbonyl (C=O) groups excluding carboxylic acids is 1. The number of amides is 1. The van der Waals surface area contributed by atoms with Crippen LogP contribution in [-0.2, 0) is 4.79 Å². The zero-order chi connectivity index (χ0) is 11.5. The highest BCUT2D eigenvalue weighted by Gasteiger charge is 2.28. The van der Waals surface area contributed by atoms with E-state index in [1.165, 1.54) is 12.3 Å². The van der Waals surface area contributed by atoms with Crippen LogP contribution < -0.4 is 10.6 Å². The van der Waals surface area contributed by atoms with Crippen molar-refractivity contribution in [2.45, 2.75) is 18.6 Å². The number of rotatable bonds is 2. The quantitative estimate of drug-likeness (QED) is 0.594. The lowest BCUT2D eigenvalue weighted by Gasteiger charge is -2.10. The minimum atomic E-state index is -0.493. The summed E-state index contributed by atoms with van der Waals surface area (Å²) in [6.07, 6.45) is 1.36. The predicted molar refractivity (Wildman–Crippen MR) is 64.2 cm³/mol. The molecule has 1 aliphatic rings. The maximum Gasteiger partial charge on any atom is 0.242 e. The van der Waals surface area contributed by atoms with Gasteiger partial charge in [-0.25, -0.2) is 4.98 Å². The molecule has 1 fully saturated rings. The molecule has 0 radical (unpaired) electrons. The Morgan fingerprint density at radius 2 is 2.35 bits per heavy atom. The van der Waals surface area contributed by atoms with E-state index < -0.39 is 12.1 Å². The number of nitrogens with zero attached hydrogens (tertiary/aromatic N) is 1. The van der Waals surface area contributed by atoms with Crippen LogP contribution in [-0.4, -0.2) is 39.8 Å². The van der Waals surface area contributed by atoms with Crippen molar-refractivity contribution in [1.29, 1.82) is 0 Å². The first kappa shape index (κ1) is 13.7. The Hall–Kier alpha value is -1.37. The Kier molecular flexibility index (Phi) is 4.68. The van der Waals surface area contributed by atoms with Crippen molar-refractivity contribution in [2.75, 3.05) is 11.9 Å². The number of carbonyl (C=O) groups is 1. The van der Waals surface area contributed by atoms with Gasteiger partial charge in [0.25, 0.3) is 0 Å². The number of anilines is 1. The zero-order valence-corrected chi connectivity index (χ0v) is 9.78. The number of hydrogen-bond donors (Lipinski definition) is 4. The van der Waals surface area contributed by atoms with Gasteiger partial charge in [-0.1, -0.05) is 0 Å². The van der Waals surface area contributed by atoms with Gasteiger partial charge in [0, 0.05) is 12.7 Å². The van der Waals surface area contributed by atoms with E-state index in [1.54, 1.807) is 6.07 Å². The second kappa shape index (κ2) is 5.81. The van der Waals surface area contributed by atoms with Crippen molar-refractivity contribution in [3.63, 3.8) is 0 Å². The summed E-state index contributed by atoms with van der Waals surface area (Å²) in [6.45, 7) is 0.409. The molecule has 0 aliphatic carbocycles. The van der Waals surface area contributed by atoms with Gasteiger partial charge in [0.05, 0.1) is 12.1 Å². The summed E-state index contributed by atoms with van der Waals surface area (Å²) in [7, 11) is 0. The Labute approximate surface area is 104 Å². The molecule has 0 aromatic carbocycles. The lowest BCUT2D eigenvalue weighted by Crippen LogP contribution is -2.35. The van der Waals surface area contributed by atoms with Crippen LogP contribution in [0.15, 0.2) is 18.3 Å². The molecule has 6 nitrogen and oxygen atoms in total. The fourth-order valence-electron chi connectivity index (χ4n) is 1.61. The first-order chi connectivity index (χ1) is 7.66. The van der Waals surface area contributed by atoms with E-state index in [-0.39, 0.29) is 29.9 Å². The second-order valence-electron chi connectivity index (χ2n) is 3.71. The molecule has 1 saturated heterocycles. The molecule has 0 spiro atoms. The molecular formula is C10H14ClN3O3. The minimum Gasteiger partial charge on any atom is -0.504 e. The van der Waals surface area contributed by atoms with Crippen LogP contribution in [0, 0.1) is 0 Å². The summed E-state index contributed by atoms with van der Waals surface area (Å²) in [5.41, 5.74) is 0. The SMILES string of the molecule is Cl.O=C(Nc1ncccc1O)C1CC(O)CN1. The van der Waals surface area contributed by atoms with Crippen molar-refractivity contribution in [3.8, 4) is 5.75 Å². The number of pyridine rings is 1. The van der Waals surface area contributed by atoms with Crippen LogP contribution in [0.25, 0.3) is 0 Å². The monoisotopic (exact) mass is 259 g/mol. The van der Waals surface area contributed by atoms with E-state index >= 15 is 0 Å². The highest BCUT2D eigenvalue weighted by Crippen LogP contribution is 2.19. The second-order valence-corrected chi connectivity index (χ2v) is 3.71. The predicted octanol–water partition coefficient (Wildman–Crippen LogP) is -0.130. The van der Waals surface area contributed by atoms with Gasteiger partial charge in [-0.2, -0.15) is 0 Å². The molecule has 2 heterocycles. The smallest absolute Gasteiger partial charge is 0.242 e. The number of β-amino-alcohol motifs (C(OH)–C–C–N with tert-alkyl or cyclic N) is 1. The van der Waals surface area contributed by atoms with E-state index in [1.807, 2.05) is 0 Å². The largest absolute Gasteiger partial charge is 0.504 e. The average Bonchev–Trinajstić information content (AvgIpc) is 2.68. The number of aliphatic hydroxyl groups is 1. The summed E-state index contributed by atoms with van der Waals surface area (Å²) in [5.74, 6) is -0.240. The summed E-state index contributed by atoms with van der Waals surface area (Å²) in [4.78, 5) is 15.5. The van der Waals surface area contributed by atoms with Crippen molar-refractivity contribution in [3.05, 3.63) is 18.3 Å². The molecule has 2 atom stereocenters. The molecule has 1 amide bonds. The summed E-state index contributed by atoms with van der Waals surface area (Å²) < 4.78 is 0. The van der Waals surface area contributed by atoms with Gasteiger partial charge in [-0.15, -0.1) is 12.4 Å². The van der Waals surface area contributed by atoms with Crippen molar-refractivity contribution >= 4 is 24.1 Å². The first-order valence-corrected chi connectivity index (χ1v) is 5.03. The van der Waals surface area contributed by atoms with E-state index in [0.29, 0.717) is 13.0 Å². The Balaban J connectivity index is 0.00000144. The van der Waals surface area contributed by atoms with Crippen LogP contribution >= 0.6 is 12.4 Å². The third-order valence-electron chi connectivity index (χ3n) is 2.45. The molecule has 0 bridgehead atoms. The fourth-order valence-corrected chi connectivity index (χ4v) is 1.61. The molecule has 1 aromatic heterocycles. The van der Waals surface area contributed by atoms with Crippen molar-refractivity contribution in [1.82, 2.24) is 10.3 Å². The number of aromatic hydroxyl groups is 1. The van der Waals surface area contributed by atoms with E-state index in [2.05, 4.69) is 15.6 Å². The topological polar surface area (TPSA) is 94.5 Å². The highest BCUT2D eigenvalue weighted by molar-refractivity contribution is 5.95. The molecule has 7 heteroatoms. The molecule has 94 valence electrons. The molecule has 4 N–H and O–H groups in total. The van der Waals surface area contributed by atoms with Crippen LogP contribution in [0.5, 0.6) is 5.75 Å². The van der Waals surface area contributed by atoms with E-state index in [0.717, 1.165) is 0 Å². The van der Waals surface area contributed by atoms with Gasteiger partial charge >= 0.3 is 0 Å². The minimum absolute atomic E-state index is 0. The fraction of sp³-hybridized carbons (Fsp3) is 0.400. The van der Waals surface area contributed by atoms with Crippen LogP contribution in [0.3, 0.4) is 0 Å². The molecule has 17 heavy (non-hydrogen) atoms. The summed E-state index contributed by atoms with van der Waals surface area (Å²) in [5, 5.41) is 24.0. The third-order valence-corrected chi connectivity index (χ3v) is 2.45. The van der Waals surface area contributed by atoms with Gasteiger partial charge in [-0.3, -0.25) is 4.79 Å². The van der Waals surface area contributed by atoms with Gasteiger partial charge in [0.1, 0.15) is 0 Å². The van der Waals surface area contributed by atoms with Crippen LogP contribution in [0.2, 0.25) is 0 Å². The number of halogens is 1. The molecule has 2 unspecified atom stereocenters. The van der Waals surface area contributed by atoms with Crippen molar-refractivity contribution < 1.29 is 15.0 Å². The molecule has 0 saturated carbocycles. The van der Waals surface area contributed by atoms with Crippen molar-refractivity contribution in [2.24, 2.45) is 0 Å².